The van der Waals surface area contributed by atoms with E-state index in [9.17, 15) is 19.5 Å². The minimum atomic E-state index is -0.883. The summed E-state index contributed by atoms with van der Waals surface area (Å²) in [5, 5.41) is 12.0. The molecule has 1 aliphatic carbocycles. The van der Waals surface area contributed by atoms with E-state index in [1.165, 1.54) is 0 Å². The van der Waals surface area contributed by atoms with Crippen LogP contribution in [0.25, 0.3) is 0 Å². The Labute approximate surface area is 138 Å². The van der Waals surface area contributed by atoms with Crippen LogP contribution in [0, 0.1) is 16.7 Å². The van der Waals surface area contributed by atoms with Gasteiger partial charge >= 0.3 is 11.9 Å². The van der Waals surface area contributed by atoms with Crippen molar-refractivity contribution < 1.29 is 24.2 Å². The Morgan fingerprint density at radius 3 is 2.13 bits per heavy atom. The smallest absolute Gasteiger partial charge is 0.328 e. The second kappa shape index (κ2) is 6.13. The van der Waals surface area contributed by atoms with Crippen LogP contribution in [0.2, 0.25) is 0 Å². The summed E-state index contributed by atoms with van der Waals surface area (Å²) in [6, 6.07) is -0.779. The normalized spacial score (nSPS) is 28.0. The van der Waals surface area contributed by atoms with Crippen LogP contribution >= 0.6 is 0 Å². The van der Waals surface area contributed by atoms with Crippen LogP contribution in [-0.4, -0.2) is 34.6 Å². The number of ether oxygens (including phenoxy) is 1. The van der Waals surface area contributed by atoms with Gasteiger partial charge in [0.05, 0.1) is 11.3 Å². The van der Waals surface area contributed by atoms with Crippen molar-refractivity contribution in [3.05, 3.63) is 0 Å². The lowest BCUT2D eigenvalue weighted by Crippen LogP contribution is -2.52. The first-order valence-corrected chi connectivity index (χ1v) is 7.99. The molecule has 0 heterocycles. The summed E-state index contributed by atoms with van der Waals surface area (Å²) in [4.78, 5) is 36.1. The van der Waals surface area contributed by atoms with Gasteiger partial charge in [0.15, 0.2) is 0 Å². The molecule has 0 saturated heterocycles. The van der Waals surface area contributed by atoms with Gasteiger partial charge in [-0.05, 0) is 46.0 Å². The number of carboxylic acids is 1. The molecule has 0 bridgehead atoms. The summed E-state index contributed by atoms with van der Waals surface area (Å²) < 4.78 is 5.26. The summed E-state index contributed by atoms with van der Waals surface area (Å²) in [6.45, 7) is 12.2. The molecule has 1 rings (SSSR count). The van der Waals surface area contributed by atoms with E-state index in [-0.39, 0.29) is 5.91 Å². The number of esters is 1. The minimum absolute atomic E-state index is 0.301. The van der Waals surface area contributed by atoms with Gasteiger partial charge in [-0.1, -0.05) is 20.8 Å². The molecule has 1 aliphatic rings. The molecule has 6 heteroatoms. The molecule has 2 N–H and O–H groups in total. The standard InChI is InChI=1S/C17H29NO5/c1-10(13(21)23-15(2,3)4)18-14(22)17(7)9-8-11(12(19)20)16(17,5)6/h10-11H,8-9H2,1-7H3,(H,18,22)(H,19,20)/t10-,11+,17+/m0/s1. The Morgan fingerprint density at radius 2 is 1.74 bits per heavy atom. The number of aliphatic carboxylic acids is 1. The Kier molecular flexibility index (Phi) is 5.19. The summed E-state index contributed by atoms with van der Waals surface area (Å²) in [5.41, 5.74) is -2.16. The molecule has 132 valence electrons. The predicted molar refractivity (Wildman–Crippen MR) is 85.7 cm³/mol. The molecule has 0 aromatic heterocycles. The maximum atomic E-state index is 12.7. The van der Waals surface area contributed by atoms with Crippen LogP contribution < -0.4 is 5.32 Å². The van der Waals surface area contributed by atoms with E-state index in [1.54, 1.807) is 48.5 Å². The number of carboxylic acid groups (broad SMARTS) is 1. The molecule has 1 fully saturated rings. The van der Waals surface area contributed by atoms with Gasteiger partial charge in [-0.3, -0.25) is 9.59 Å². The van der Waals surface area contributed by atoms with Crippen molar-refractivity contribution in [2.24, 2.45) is 16.7 Å². The molecule has 1 saturated carbocycles. The topological polar surface area (TPSA) is 92.7 Å². The Bertz CT molecular complexity index is 506. The number of rotatable bonds is 4. The van der Waals surface area contributed by atoms with Crippen LogP contribution in [-0.2, 0) is 19.1 Å². The van der Waals surface area contributed by atoms with Crippen molar-refractivity contribution in [2.45, 2.75) is 73.0 Å². The molecule has 0 aliphatic heterocycles. The summed E-state index contributed by atoms with van der Waals surface area (Å²) in [7, 11) is 0. The molecule has 0 aromatic rings. The molecular weight excluding hydrogens is 298 g/mol. The summed E-state index contributed by atoms with van der Waals surface area (Å²) >= 11 is 0. The van der Waals surface area contributed by atoms with Crippen molar-refractivity contribution in [3.63, 3.8) is 0 Å². The first-order chi connectivity index (χ1) is 10.2. The van der Waals surface area contributed by atoms with Crippen molar-refractivity contribution >= 4 is 17.8 Å². The number of amides is 1. The van der Waals surface area contributed by atoms with Crippen LogP contribution in [0.5, 0.6) is 0 Å². The van der Waals surface area contributed by atoms with Gasteiger partial charge in [0, 0.05) is 0 Å². The average Bonchev–Trinajstić information content (AvgIpc) is 2.59. The van der Waals surface area contributed by atoms with Crippen LogP contribution in [0.4, 0.5) is 0 Å². The fourth-order valence-corrected chi connectivity index (χ4v) is 3.14. The van der Waals surface area contributed by atoms with Gasteiger partial charge in [-0.15, -0.1) is 0 Å². The van der Waals surface area contributed by atoms with E-state index < -0.39 is 40.3 Å². The molecule has 0 unspecified atom stereocenters. The third-order valence-electron chi connectivity index (χ3n) is 5.13. The van der Waals surface area contributed by atoms with Crippen LogP contribution in [0.15, 0.2) is 0 Å². The molecule has 3 atom stereocenters. The lowest BCUT2D eigenvalue weighted by Gasteiger charge is -2.39. The predicted octanol–water partition coefficient (Wildman–Crippen LogP) is 2.36. The third-order valence-corrected chi connectivity index (χ3v) is 5.13. The minimum Gasteiger partial charge on any atom is -0.481 e. The quantitative estimate of drug-likeness (QED) is 0.773. The highest BCUT2D eigenvalue weighted by molar-refractivity contribution is 5.89. The second-order valence-corrected chi connectivity index (χ2v) is 8.21. The molecule has 0 spiro atoms. The first-order valence-electron chi connectivity index (χ1n) is 7.99. The monoisotopic (exact) mass is 327 g/mol. The van der Waals surface area contributed by atoms with E-state index in [0.717, 1.165) is 0 Å². The molecule has 6 nitrogen and oxygen atoms in total. The Hall–Kier alpha value is -1.59. The fourth-order valence-electron chi connectivity index (χ4n) is 3.14. The van der Waals surface area contributed by atoms with Gasteiger partial charge in [0.1, 0.15) is 11.6 Å². The van der Waals surface area contributed by atoms with Crippen molar-refractivity contribution in [3.8, 4) is 0 Å². The maximum absolute atomic E-state index is 12.7. The third kappa shape index (κ3) is 3.85. The lowest BCUT2D eigenvalue weighted by atomic mass is 9.65. The van der Waals surface area contributed by atoms with E-state index in [4.69, 9.17) is 4.74 Å². The van der Waals surface area contributed by atoms with E-state index in [1.807, 2.05) is 0 Å². The first kappa shape index (κ1) is 19.5. The highest BCUT2D eigenvalue weighted by Gasteiger charge is 2.58. The average molecular weight is 327 g/mol. The zero-order valence-corrected chi connectivity index (χ0v) is 15.1. The number of carbonyl (C=O) groups excluding carboxylic acids is 2. The molecule has 0 radical (unpaired) electrons. The number of carbonyl (C=O) groups is 3. The van der Waals surface area contributed by atoms with Crippen LogP contribution in [0.1, 0.15) is 61.3 Å². The summed E-state index contributed by atoms with van der Waals surface area (Å²) in [5.74, 6) is -2.26. The van der Waals surface area contributed by atoms with Gasteiger partial charge < -0.3 is 15.2 Å². The largest absolute Gasteiger partial charge is 0.481 e. The van der Waals surface area contributed by atoms with Crippen molar-refractivity contribution in [2.75, 3.05) is 0 Å². The number of hydrogen-bond donors (Lipinski definition) is 2. The maximum Gasteiger partial charge on any atom is 0.328 e. The Morgan fingerprint density at radius 1 is 1.22 bits per heavy atom. The fraction of sp³-hybridized carbons (Fsp3) is 0.824. The second-order valence-electron chi connectivity index (χ2n) is 8.21. The molecular formula is C17H29NO5. The molecule has 23 heavy (non-hydrogen) atoms. The van der Waals surface area contributed by atoms with Gasteiger partial charge in [0.25, 0.3) is 0 Å². The zero-order valence-electron chi connectivity index (χ0n) is 15.1. The molecule has 1 amide bonds. The van der Waals surface area contributed by atoms with Crippen molar-refractivity contribution in [1.29, 1.82) is 0 Å². The van der Waals surface area contributed by atoms with E-state index in [2.05, 4.69) is 5.32 Å². The highest BCUT2D eigenvalue weighted by atomic mass is 16.6. The van der Waals surface area contributed by atoms with Crippen LogP contribution in [0.3, 0.4) is 0 Å². The summed E-state index contributed by atoms with van der Waals surface area (Å²) in [6.07, 6.45) is 0.927. The SMILES string of the molecule is C[C@H](NC(=O)[C@@]1(C)CC[C@H](C(=O)O)C1(C)C)C(=O)OC(C)(C)C. The van der Waals surface area contributed by atoms with Gasteiger partial charge in [-0.2, -0.15) is 0 Å². The number of hydrogen-bond acceptors (Lipinski definition) is 4. The zero-order chi connectivity index (χ0) is 18.2. The van der Waals surface area contributed by atoms with E-state index >= 15 is 0 Å². The van der Waals surface area contributed by atoms with E-state index in [0.29, 0.717) is 12.8 Å². The van der Waals surface area contributed by atoms with Gasteiger partial charge in [-0.25, -0.2) is 4.79 Å². The van der Waals surface area contributed by atoms with Crippen molar-refractivity contribution in [1.82, 2.24) is 5.32 Å². The lowest BCUT2D eigenvalue weighted by molar-refractivity contribution is -0.160. The number of nitrogens with one attached hydrogen (secondary N) is 1. The van der Waals surface area contributed by atoms with Gasteiger partial charge in [0.2, 0.25) is 5.91 Å². The Balaban J connectivity index is 2.85. The highest BCUT2D eigenvalue weighted by Crippen LogP contribution is 2.56. The molecule has 0 aromatic carbocycles.